The smallest absolute Gasteiger partial charge is 0.0591 e. The van der Waals surface area contributed by atoms with Gasteiger partial charge in [-0.2, -0.15) is 0 Å². The molecule has 92 valence electrons. The molecule has 0 aliphatic rings. The zero-order valence-electron chi connectivity index (χ0n) is 10.1. The molecule has 1 N–H and O–H groups in total. The minimum Gasteiger partial charge on any atom is -0.385 e. The molecule has 0 heterocycles. The van der Waals surface area contributed by atoms with Gasteiger partial charge in [-0.05, 0) is 26.7 Å². The lowest BCUT2D eigenvalue weighted by atomic mass is 10.0. The van der Waals surface area contributed by atoms with Gasteiger partial charge in [-0.1, -0.05) is 0 Å². The normalized spacial score (nSPS) is 12.0. The zero-order chi connectivity index (χ0) is 11.6. The van der Waals surface area contributed by atoms with Crippen LogP contribution in [0.2, 0.25) is 0 Å². The molecule has 0 bridgehead atoms. The van der Waals surface area contributed by atoms with Crippen molar-refractivity contribution in [3.05, 3.63) is 0 Å². The third-order valence-corrected chi connectivity index (χ3v) is 2.40. The molecule has 0 aromatic carbocycles. The summed E-state index contributed by atoms with van der Waals surface area (Å²) < 4.78 is 10.4. The average molecular weight is 238 g/mol. The van der Waals surface area contributed by atoms with Gasteiger partial charge in [0.15, 0.2) is 0 Å². The third-order valence-electron chi connectivity index (χ3n) is 2.21. The lowest BCUT2D eigenvalue weighted by molar-refractivity contribution is 0.101. The number of hydrogen-bond donors (Lipinski definition) is 1. The Balaban J connectivity index is 3.22. The summed E-state index contributed by atoms with van der Waals surface area (Å²) >= 11 is 5.70. The lowest BCUT2D eigenvalue weighted by Crippen LogP contribution is -2.41. The minimum absolute atomic E-state index is 0.109. The zero-order valence-corrected chi connectivity index (χ0v) is 10.9. The van der Waals surface area contributed by atoms with E-state index in [1.165, 1.54) is 0 Å². The summed E-state index contributed by atoms with van der Waals surface area (Å²) in [6.07, 6.45) is 1.93. The highest BCUT2D eigenvalue weighted by atomic mass is 35.5. The Morgan fingerprint density at radius 3 is 2.53 bits per heavy atom. The Kier molecular flexibility index (Phi) is 9.51. The standard InChI is InChI=1S/C11H24ClNO2/c1-11(2,5-6-12)13-7-10-15-9-4-8-14-3/h13H,4-10H2,1-3H3. The monoisotopic (exact) mass is 237 g/mol. The molecule has 0 atom stereocenters. The van der Waals surface area contributed by atoms with Crippen molar-refractivity contribution in [2.75, 3.05) is 39.4 Å². The second-order valence-electron chi connectivity index (χ2n) is 4.21. The van der Waals surface area contributed by atoms with Crippen LogP contribution < -0.4 is 5.32 Å². The number of nitrogens with one attached hydrogen (secondary N) is 1. The minimum atomic E-state index is 0.109. The van der Waals surface area contributed by atoms with Crippen LogP contribution in [0.1, 0.15) is 26.7 Å². The molecule has 3 nitrogen and oxygen atoms in total. The first-order chi connectivity index (χ1) is 7.12. The fraction of sp³-hybridized carbons (Fsp3) is 1.00. The maximum absolute atomic E-state index is 5.70. The largest absolute Gasteiger partial charge is 0.385 e. The first kappa shape index (κ1) is 15.2. The van der Waals surface area contributed by atoms with Gasteiger partial charge in [0, 0.05) is 38.3 Å². The lowest BCUT2D eigenvalue weighted by Gasteiger charge is -2.25. The summed E-state index contributed by atoms with van der Waals surface area (Å²) in [5.74, 6) is 0.689. The van der Waals surface area contributed by atoms with E-state index >= 15 is 0 Å². The van der Waals surface area contributed by atoms with E-state index in [1.807, 2.05) is 0 Å². The molecule has 0 aromatic rings. The number of methoxy groups -OCH3 is 1. The van der Waals surface area contributed by atoms with E-state index < -0.39 is 0 Å². The molecule has 0 unspecified atom stereocenters. The highest BCUT2D eigenvalue weighted by Gasteiger charge is 2.14. The van der Waals surface area contributed by atoms with Gasteiger partial charge in [0.05, 0.1) is 6.61 Å². The maximum Gasteiger partial charge on any atom is 0.0591 e. The van der Waals surface area contributed by atoms with Crippen LogP contribution in [-0.2, 0) is 9.47 Å². The fourth-order valence-corrected chi connectivity index (χ4v) is 1.67. The number of hydrogen-bond acceptors (Lipinski definition) is 3. The van der Waals surface area contributed by atoms with E-state index in [9.17, 15) is 0 Å². The third kappa shape index (κ3) is 10.5. The fourth-order valence-electron chi connectivity index (χ4n) is 1.19. The van der Waals surface area contributed by atoms with E-state index in [1.54, 1.807) is 7.11 Å². The summed E-state index contributed by atoms with van der Waals surface area (Å²) in [5, 5.41) is 3.41. The molecule has 0 saturated carbocycles. The molecule has 0 radical (unpaired) electrons. The van der Waals surface area contributed by atoms with Crippen molar-refractivity contribution < 1.29 is 9.47 Å². The molecule has 0 spiro atoms. The summed E-state index contributed by atoms with van der Waals surface area (Å²) in [6.45, 7) is 7.46. The van der Waals surface area contributed by atoms with Crippen LogP contribution in [0.4, 0.5) is 0 Å². The molecule has 0 saturated heterocycles. The first-order valence-corrected chi connectivity index (χ1v) is 6.03. The summed E-state index contributed by atoms with van der Waals surface area (Å²) in [5.41, 5.74) is 0.109. The van der Waals surface area contributed by atoms with E-state index in [0.29, 0.717) is 5.88 Å². The van der Waals surface area contributed by atoms with Crippen molar-refractivity contribution >= 4 is 11.6 Å². The van der Waals surface area contributed by atoms with Crippen molar-refractivity contribution in [2.24, 2.45) is 0 Å². The van der Waals surface area contributed by atoms with E-state index in [-0.39, 0.29) is 5.54 Å². The average Bonchev–Trinajstić information content (AvgIpc) is 2.16. The molecule has 15 heavy (non-hydrogen) atoms. The van der Waals surface area contributed by atoms with Crippen LogP contribution in [0, 0.1) is 0 Å². The van der Waals surface area contributed by atoms with Gasteiger partial charge >= 0.3 is 0 Å². The molecule has 0 fully saturated rings. The summed E-state index contributed by atoms with van der Waals surface area (Å²) in [4.78, 5) is 0. The highest BCUT2D eigenvalue weighted by molar-refractivity contribution is 6.17. The second-order valence-corrected chi connectivity index (χ2v) is 4.59. The molecule has 0 aromatic heterocycles. The van der Waals surface area contributed by atoms with Crippen LogP contribution in [0.25, 0.3) is 0 Å². The van der Waals surface area contributed by atoms with Crippen LogP contribution in [-0.4, -0.2) is 44.9 Å². The van der Waals surface area contributed by atoms with E-state index in [0.717, 1.165) is 39.2 Å². The van der Waals surface area contributed by atoms with E-state index in [2.05, 4.69) is 19.2 Å². The molecular formula is C11H24ClNO2. The Morgan fingerprint density at radius 1 is 1.20 bits per heavy atom. The predicted molar refractivity (Wildman–Crippen MR) is 64.7 cm³/mol. The highest BCUT2D eigenvalue weighted by Crippen LogP contribution is 2.08. The number of rotatable bonds is 10. The Labute approximate surface area is 98.5 Å². The molecule has 0 amide bonds. The van der Waals surface area contributed by atoms with Crippen LogP contribution in [0.5, 0.6) is 0 Å². The van der Waals surface area contributed by atoms with Gasteiger partial charge < -0.3 is 14.8 Å². The molecule has 4 heteroatoms. The van der Waals surface area contributed by atoms with Crippen molar-refractivity contribution in [1.82, 2.24) is 5.32 Å². The van der Waals surface area contributed by atoms with Gasteiger partial charge in [0.2, 0.25) is 0 Å². The van der Waals surface area contributed by atoms with Gasteiger partial charge in [-0.25, -0.2) is 0 Å². The van der Waals surface area contributed by atoms with E-state index in [4.69, 9.17) is 21.1 Å². The van der Waals surface area contributed by atoms with Crippen molar-refractivity contribution in [3.63, 3.8) is 0 Å². The molecule has 0 aliphatic heterocycles. The number of alkyl halides is 1. The Hall–Kier alpha value is 0.170. The van der Waals surface area contributed by atoms with Crippen LogP contribution in [0.15, 0.2) is 0 Å². The van der Waals surface area contributed by atoms with Crippen molar-refractivity contribution in [3.8, 4) is 0 Å². The summed E-state index contributed by atoms with van der Waals surface area (Å²) in [6, 6.07) is 0. The van der Waals surface area contributed by atoms with Gasteiger partial charge in [0.25, 0.3) is 0 Å². The van der Waals surface area contributed by atoms with Crippen molar-refractivity contribution in [2.45, 2.75) is 32.2 Å². The van der Waals surface area contributed by atoms with Gasteiger partial charge in [-0.3, -0.25) is 0 Å². The van der Waals surface area contributed by atoms with Gasteiger partial charge in [0.1, 0.15) is 0 Å². The number of ether oxygens (including phenoxy) is 2. The van der Waals surface area contributed by atoms with Crippen LogP contribution >= 0.6 is 11.6 Å². The second kappa shape index (κ2) is 9.40. The number of halogens is 1. The SMILES string of the molecule is COCCCOCCNC(C)(C)CCCl. The van der Waals surface area contributed by atoms with Crippen molar-refractivity contribution in [1.29, 1.82) is 0 Å². The molecule has 0 aliphatic carbocycles. The first-order valence-electron chi connectivity index (χ1n) is 5.50. The van der Waals surface area contributed by atoms with Gasteiger partial charge in [-0.15, -0.1) is 11.6 Å². The molecular weight excluding hydrogens is 214 g/mol. The summed E-state index contributed by atoms with van der Waals surface area (Å²) in [7, 11) is 1.70. The Morgan fingerprint density at radius 2 is 1.93 bits per heavy atom. The van der Waals surface area contributed by atoms with Crippen LogP contribution in [0.3, 0.4) is 0 Å². The Bertz CT molecular complexity index is 143. The predicted octanol–water partition coefficient (Wildman–Crippen LogP) is 2.04. The topological polar surface area (TPSA) is 30.5 Å². The molecule has 0 rings (SSSR count). The maximum atomic E-state index is 5.70. The quantitative estimate of drug-likeness (QED) is 0.466.